The van der Waals surface area contributed by atoms with Crippen molar-refractivity contribution in [2.75, 3.05) is 25.5 Å². The van der Waals surface area contributed by atoms with E-state index < -0.39 is 10.0 Å². The van der Waals surface area contributed by atoms with Gasteiger partial charge >= 0.3 is 0 Å². The van der Waals surface area contributed by atoms with Crippen LogP contribution in [-0.2, 0) is 21.2 Å². The molecule has 0 radical (unpaired) electrons. The van der Waals surface area contributed by atoms with Crippen molar-refractivity contribution >= 4 is 15.7 Å². The summed E-state index contributed by atoms with van der Waals surface area (Å²) in [5, 5.41) is -0.312. The minimum atomic E-state index is -3.22. The molecule has 1 aliphatic heterocycles. The van der Waals surface area contributed by atoms with Crippen LogP contribution in [0.15, 0.2) is 24.3 Å². The van der Waals surface area contributed by atoms with Gasteiger partial charge in [0, 0.05) is 25.4 Å². The molecule has 1 saturated heterocycles. The van der Waals surface area contributed by atoms with Crippen LogP contribution in [0.2, 0.25) is 0 Å². The van der Waals surface area contributed by atoms with Crippen molar-refractivity contribution in [3.8, 4) is 0 Å². The van der Waals surface area contributed by atoms with E-state index in [1.165, 1.54) is 0 Å². The normalized spacial score (nSPS) is 17.5. The molecular weight excluding hydrogens is 264 g/mol. The number of anilines is 1. The Balaban J connectivity index is 1.82. The lowest BCUT2D eigenvalue weighted by Gasteiger charge is -2.22. The number of rotatable bonds is 5. The highest BCUT2D eigenvalue weighted by molar-refractivity contribution is 7.90. The fourth-order valence-corrected chi connectivity index (χ4v) is 3.56. The van der Waals surface area contributed by atoms with Crippen molar-refractivity contribution in [2.45, 2.75) is 24.5 Å². The van der Waals surface area contributed by atoms with Gasteiger partial charge in [-0.25, -0.2) is 13.1 Å². The first-order valence-corrected chi connectivity index (χ1v) is 8.03. The van der Waals surface area contributed by atoms with Crippen molar-refractivity contribution in [1.29, 1.82) is 0 Å². The third kappa shape index (κ3) is 4.19. The van der Waals surface area contributed by atoms with E-state index in [0.717, 1.165) is 5.56 Å². The van der Waals surface area contributed by atoms with Crippen LogP contribution in [-0.4, -0.2) is 33.4 Å². The molecule has 0 bridgehead atoms. The van der Waals surface area contributed by atoms with Gasteiger partial charge in [0.25, 0.3) is 0 Å². The minimum Gasteiger partial charge on any atom is -0.399 e. The smallest absolute Gasteiger partial charge is 0.214 e. The largest absolute Gasteiger partial charge is 0.399 e. The predicted octanol–water partition coefficient (Wildman–Crippen LogP) is 0.910. The number of hydrogen-bond donors (Lipinski definition) is 2. The molecular formula is C13H20N2O3S. The van der Waals surface area contributed by atoms with Gasteiger partial charge in [-0.3, -0.25) is 0 Å². The summed E-state index contributed by atoms with van der Waals surface area (Å²) in [6.45, 7) is 1.48. The molecule has 106 valence electrons. The van der Waals surface area contributed by atoms with Crippen molar-refractivity contribution < 1.29 is 13.2 Å². The highest BCUT2D eigenvalue weighted by Gasteiger charge is 2.26. The van der Waals surface area contributed by atoms with Crippen LogP contribution < -0.4 is 10.5 Å². The Hall–Kier alpha value is -1.11. The van der Waals surface area contributed by atoms with Gasteiger partial charge in [0.15, 0.2) is 0 Å². The Morgan fingerprint density at radius 1 is 1.21 bits per heavy atom. The lowest BCUT2D eigenvalue weighted by Crippen LogP contribution is -2.38. The second kappa shape index (κ2) is 6.36. The van der Waals surface area contributed by atoms with E-state index in [1.807, 2.05) is 24.3 Å². The maximum atomic E-state index is 12.0. The van der Waals surface area contributed by atoms with Crippen molar-refractivity contribution in [3.05, 3.63) is 29.8 Å². The molecule has 0 atom stereocenters. The van der Waals surface area contributed by atoms with Crippen LogP contribution in [0.4, 0.5) is 5.69 Å². The second-order valence-electron chi connectivity index (χ2n) is 4.74. The Kier molecular flexibility index (Phi) is 4.79. The molecule has 3 N–H and O–H groups in total. The summed E-state index contributed by atoms with van der Waals surface area (Å²) in [6, 6.07) is 7.47. The van der Waals surface area contributed by atoms with E-state index in [1.54, 1.807) is 0 Å². The van der Waals surface area contributed by atoms with Gasteiger partial charge < -0.3 is 10.5 Å². The first-order chi connectivity index (χ1) is 9.08. The maximum absolute atomic E-state index is 12.0. The Morgan fingerprint density at radius 3 is 2.47 bits per heavy atom. The molecule has 0 unspecified atom stereocenters. The Bertz CT molecular complexity index is 493. The van der Waals surface area contributed by atoms with Gasteiger partial charge in [0.05, 0.1) is 5.25 Å². The van der Waals surface area contributed by atoms with Crippen LogP contribution in [0.5, 0.6) is 0 Å². The molecule has 0 aromatic heterocycles. The molecule has 0 saturated carbocycles. The minimum absolute atomic E-state index is 0.312. The van der Waals surface area contributed by atoms with E-state index in [4.69, 9.17) is 10.5 Å². The third-order valence-corrected chi connectivity index (χ3v) is 5.26. The molecule has 6 heteroatoms. The van der Waals surface area contributed by atoms with Crippen LogP contribution in [0.25, 0.3) is 0 Å². The van der Waals surface area contributed by atoms with Gasteiger partial charge in [0.2, 0.25) is 10.0 Å². The van der Waals surface area contributed by atoms with Gasteiger partial charge in [-0.2, -0.15) is 0 Å². The van der Waals surface area contributed by atoms with Gasteiger partial charge in [0.1, 0.15) is 0 Å². The number of nitrogens with one attached hydrogen (secondary N) is 1. The molecule has 1 aromatic carbocycles. The van der Waals surface area contributed by atoms with E-state index in [0.29, 0.717) is 44.7 Å². The summed E-state index contributed by atoms with van der Waals surface area (Å²) in [4.78, 5) is 0. The van der Waals surface area contributed by atoms with Crippen molar-refractivity contribution in [1.82, 2.24) is 4.72 Å². The molecule has 0 amide bonds. The topological polar surface area (TPSA) is 81.4 Å². The SMILES string of the molecule is Nc1ccc(CCNS(=O)(=O)C2CCOCC2)cc1. The Morgan fingerprint density at radius 2 is 1.84 bits per heavy atom. The highest BCUT2D eigenvalue weighted by Crippen LogP contribution is 2.14. The predicted molar refractivity (Wildman–Crippen MR) is 75.3 cm³/mol. The fourth-order valence-electron chi connectivity index (χ4n) is 2.13. The number of hydrogen-bond acceptors (Lipinski definition) is 4. The number of benzene rings is 1. The summed E-state index contributed by atoms with van der Waals surface area (Å²) < 4.78 is 31.9. The second-order valence-corrected chi connectivity index (χ2v) is 6.79. The molecule has 1 fully saturated rings. The molecule has 0 spiro atoms. The van der Waals surface area contributed by atoms with E-state index >= 15 is 0 Å². The third-order valence-electron chi connectivity index (χ3n) is 3.30. The quantitative estimate of drug-likeness (QED) is 0.787. The zero-order valence-corrected chi connectivity index (χ0v) is 11.7. The van der Waals surface area contributed by atoms with Gasteiger partial charge in [-0.1, -0.05) is 12.1 Å². The number of nitrogens with two attached hydrogens (primary N) is 1. The van der Waals surface area contributed by atoms with Gasteiger partial charge in [-0.05, 0) is 37.0 Å². The van der Waals surface area contributed by atoms with E-state index in [-0.39, 0.29) is 5.25 Å². The van der Waals surface area contributed by atoms with Crippen LogP contribution in [0.1, 0.15) is 18.4 Å². The molecule has 0 aliphatic carbocycles. The summed E-state index contributed by atoms with van der Waals surface area (Å²) in [6.07, 6.45) is 1.83. The number of nitrogen functional groups attached to an aromatic ring is 1. The van der Waals surface area contributed by atoms with Gasteiger partial charge in [-0.15, -0.1) is 0 Å². The molecule has 5 nitrogen and oxygen atoms in total. The average Bonchev–Trinajstić information content (AvgIpc) is 2.42. The first-order valence-electron chi connectivity index (χ1n) is 6.48. The summed E-state index contributed by atoms with van der Waals surface area (Å²) >= 11 is 0. The average molecular weight is 284 g/mol. The van der Waals surface area contributed by atoms with E-state index in [9.17, 15) is 8.42 Å². The van der Waals surface area contributed by atoms with Crippen LogP contribution >= 0.6 is 0 Å². The summed E-state index contributed by atoms with van der Waals surface area (Å²) in [5.41, 5.74) is 7.39. The summed E-state index contributed by atoms with van der Waals surface area (Å²) in [7, 11) is -3.22. The fraction of sp³-hybridized carbons (Fsp3) is 0.538. The number of ether oxygens (including phenoxy) is 1. The number of sulfonamides is 1. The highest BCUT2D eigenvalue weighted by atomic mass is 32.2. The van der Waals surface area contributed by atoms with Crippen LogP contribution in [0.3, 0.4) is 0 Å². The molecule has 1 aliphatic rings. The molecule has 1 heterocycles. The van der Waals surface area contributed by atoms with Crippen molar-refractivity contribution in [3.63, 3.8) is 0 Å². The lowest BCUT2D eigenvalue weighted by molar-refractivity contribution is 0.0981. The monoisotopic (exact) mass is 284 g/mol. The van der Waals surface area contributed by atoms with Crippen LogP contribution in [0, 0.1) is 0 Å². The van der Waals surface area contributed by atoms with Crippen molar-refractivity contribution in [2.24, 2.45) is 0 Å². The first kappa shape index (κ1) is 14.3. The summed E-state index contributed by atoms with van der Waals surface area (Å²) in [5.74, 6) is 0. The zero-order valence-electron chi connectivity index (χ0n) is 10.8. The maximum Gasteiger partial charge on any atom is 0.214 e. The molecule has 1 aromatic rings. The van der Waals surface area contributed by atoms with E-state index in [2.05, 4.69) is 4.72 Å². The Labute approximate surface area is 114 Å². The zero-order chi connectivity index (χ0) is 13.7. The standard InChI is InChI=1S/C13H20N2O3S/c14-12-3-1-11(2-4-12)5-8-15-19(16,17)13-6-9-18-10-7-13/h1-4,13,15H,5-10,14H2. The molecule has 2 rings (SSSR count). The lowest BCUT2D eigenvalue weighted by atomic mass is 10.1. The molecule has 19 heavy (non-hydrogen) atoms.